The van der Waals surface area contributed by atoms with Crippen molar-refractivity contribution >= 4 is 11.9 Å². The van der Waals surface area contributed by atoms with Crippen molar-refractivity contribution in [2.45, 2.75) is 429 Å². The largest absolute Gasteiger partial charge is 0.466 e. The van der Waals surface area contributed by atoms with Crippen LogP contribution in [0.15, 0.2) is 24.3 Å². The van der Waals surface area contributed by atoms with E-state index >= 15 is 0 Å². The summed E-state index contributed by atoms with van der Waals surface area (Å²) in [7, 11) is 0. The van der Waals surface area contributed by atoms with Gasteiger partial charge in [0.25, 0.3) is 0 Å². The topological polar surface area (TPSA) is 175 Å². The van der Waals surface area contributed by atoms with Gasteiger partial charge >= 0.3 is 5.97 Å². The summed E-state index contributed by atoms with van der Waals surface area (Å²) < 4.78 is 16.7. The molecule has 1 saturated heterocycles. The summed E-state index contributed by atoms with van der Waals surface area (Å²) >= 11 is 0. The van der Waals surface area contributed by atoms with E-state index in [0.717, 1.165) is 51.4 Å². The third kappa shape index (κ3) is 54.4. The van der Waals surface area contributed by atoms with Gasteiger partial charge < -0.3 is 45.1 Å². The van der Waals surface area contributed by atoms with Gasteiger partial charge in [0.1, 0.15) is 24.4 Å². The second-order valence-electron chi connectivity index (χ2n) is 26.7. The van der Waals surface area contributed by atoms with Crippen LogP contribution in [0, 0.1) is 0 Å². The highest BCUT2D eigenvalue weighted by Crippen LogP contribution is 2.24. The first-order chi connectivity index (χ1) is 42.7. The Morgan fingerprint density at radius 2 is 0.747 bits per heavy atom. The molecule has 7 unspecified atom stereocenters. The third-order valence-electron chi connectivity index (χ3n) is 18.3. The van der Waals surface area contributed by atoms with E-state index in [1.165, 1.54) is 308 Å². The molecule has 11 nitrogen and oxygen atoms in total. The van der Waals surface area contributed by atoms with Crippen LogP contribution in [0.4, 0.5) is 0 Å². The van der Waals surface area contributed by atoms with Gasteiger partial charge in [-0.1, -0.05) is 353 Å². The summed E-state index contributed by atoms with van der Waals surface area (Å²) in [5.74, 6) is -0.168. The Kier molecular flexibility index (Phi) is 62.7. The Morgan fingerprint density at radius 1 is 0.414 bits per heavy atom. The van der Waals surface area contributed by atoms with E-state index < -0.39 is 49.5 Å². The van der Waals surface area contributed by atoms with E-state index in [1.807, 2.05) is 6.08 Å². The molecule has 0 bridgehead atoms. The molecule has 0 aromatic carbocycles. The molecule has 0 aromatic rings. The van der Waals surface area contributed by atoms with Crippen molar-refractivity contribution in [3.63, 3.8) is 0 Å². The van der Waals surface area contributed by atoms with Gasteiger partial charge in [-0.15, -0.1) is 0 Å². The maximum atomic E-state index is 13.1. The van der Waals surface area contributed by atoms with Crippen molar-refractivity contribution in [1.29, 1.82) is 0 Å². The van der Waals surface area contributed by atoms with E-state index in [-0.39, 0.29) is 18.5 Å². The maximum absolute atomic E-state index is 13.1. The van der Waals surface area contributed by atoms with Crippen LogP contribution in [0.2, 0.25) is 0 Å². The Morgan fingerprint density at radius 3 is 1.14 bits per heavy atom. The minimum absolute atomic E-state index is 0.0161. The minimum Gasteiger partial charge on any atom is -0.466 e. The quantitative estimate of drug-likeness (QED) is 0.0195. The standard InChI is InChI=1S/C76H145NO10/c1-3-5-7-9-11-13-15-39-43-46-50-54-58-62-69(79)68(67-86-76-75(84)74(83)73(82)70(66-78)87-76)77-71(80)63-59-55-51-47-44-40-37-35-33-31-29-27-25-23-21-19-17-16-18-20-22-24-26-28-30-32-34-36-38-41-45-49-53-57-61-65-85-72(81)64-60-56-52-48-42-14-12-10-8-6-4-2/h43,46,58,62,68-70,73-76,78-79,82-84H,3-42,44-45,47-57,59-61,63-67H2,1-2H3,(H,77,80)/b46-43+,62-58+. The van der Waals surface area contributed by atoms with Gasteiger partial charge in [0.05, 0.1) is 32.0 Å². The molecule has 0 aromatic heterocycles. The minimum atomic E-state index is -1.57. The zero-order valence-electron chi connectivity index (χ0n) is 57.3. The van der Waals surface area contributed by atoms with Crippen LogP contribution in [-0.4, -0.2) is 100 Å². The van der Waals surface area contributed by atoms with Crippen molar-refractivity contribution < 1.29 is 49.3 Å². The van der Waals surface area contributed by atoms with Crippen LogP contribution in [0.25, 0.3) is 0 Å². The van der Waals surface area contributed by atoms with Crippen molar-refractivity contribution in [2.75, 3.05) is 19.8 Å². The third-order valence-corrected chi connectivity index (χ3v) is 18.3. The molecule has 1 fully saturated rings. The number of hydrogen-bond donors (Lipinski definition) is 6. The first kappa shape index (κ1) is 83.2. The second kappa shape index (κ2) is 65.6. The molecule has 514 valence electrons. The van der Waals surface area contributed by atoms with Crippen molar-refractivity contribution in [3.8, 4) is 0 Å². The molecule has 0 saturated carbocycles. The second-order valence-corrected chi connectivity index (χ2v) is 26.7. The zero-order chi connectivity index (χ0) is 63.0. The predicted molar refractivity (Wildman–Crippen MR) is 366 cm³/mol. The van der Waals surface area contributed by atoms with Crippen LogP contribution in [0.3, 0.4) is 0 Å². The highest BCUT2D eigenvalue weighted by molar-refractivity contribution is 5.76. The number of aliphatic hydroxyl groups excluding tert-OH is 5. The van der Waals surface area contributed by atoms with Gasteiger partial charge in [0.15, 0.2) is 6.29 Å². The summed E-state index contributed by atoms with van der Waals surface area (Å²) in [6, 6.07) is -0.823. The van der Waals surface area contributed by atoms with E-state index in [9.17, 15) is 35.1 Å². The molecule has 7 atom stereocenters. The van der Waals surface area contributed by atoms with E-state index in [4.69, 9.17) is 14.2 Å². The number of amides is 1. The molecule has 1 heterocycles. The molecule has 1 amide bonds. The highest BCUT2D eigenvalue weighted by atomic mass is 16.7. The molecule has 0 radical (unpaired) electrons. The van der Waals surface area contributed by atoms with Crippen LogP contribution in [0.5, 0.6) is 0 Å². The number of esters is 1. The molecular weight excluding hydrogens is 1090 g/mol. The van der Waals surface area contributed by atoms with Gasteiger partial charge in [0, 0.05) is 12.8 Å². The summed E-state index contributed by atoms with van der Waals surface area (Å²) in [5.41, 5.74) is 0. The first-order valence-corrected chi connectivity index (χ1v) is 38.1. The molecule has 11 heteroatoms. The Hall–Kier alpha value is -1.86. The molecular formula is C76H145NO10. The number of unbranched alkanes of at least 4 members (excludes halogenated alkanes) is 52. The number of aliphatic hydroxyl groups is 5. The fourth-order valence-electron chi connectivity index (χ4n) is 12.3. The van der Waals surface area contributed by atoms with Crippen LogP contribution in [-0.2, 0) is 23.8 Å². The maximum Gasteiger partial charge on any atom is 0.305 e. The Labute approximate surface area is 537 Å². The lowest BCUT2D eigenvalue weighted by molar-refractivity contribution is -0.302. The van der Waals surface area contributed by atoms with Crippen LogP contribution in [0.1, 0.15) is 386 Å². The van der Waals surface area contributed by atoms with Crippen molar-refractivity contribution in [2.24, 2.45) is 0 Å². The number of nitrogens with one attached hydrogen (secondary N) is 1. The highest BCUT2D eigenvalue weighted by Gasteiger charge is 2.44. The summed E-state index contributed by atoms with van der Waals surface area (Å²) in [6.07, 6.45) is 73.4. The Bertz CT molecular complexity index is 1490. The normalized spacial score (nSPS) is 17.9. The monoisotopic (exact) mass is 1230 g/mol. The summed E-state index contributed by atoms with van der Waals surface area (Å²) in [4.78, 5) is 25.1. The molecule has 1 aliphatic heterocycles. The number of ether oxygens (including phenoxy) is 3. The summed E-state index contributed by atoms with van der Waals surface area (Å²) in [5, 5.41) is 54.5. The lowest BCUT2D eigenvalue weighted by Crippen LogP contribution is -2.60. The van der Waals surface area contributed by atoms with Gasteiger partial charge in [-0.05, 0) is 44.9 Å². The predicted octanol–water partition coefficient (Wildman–Crippen LogP) is 20.0. The van der Waals surface area contributed by atoms with Gasteiger partial charge in [-0.25, -0.2) is 0 Å². The Balaban J connectivity index is 1.91. The van der Waals surface area contributed by atoms with Crippen LogP contribution < -0.4 is 5.32 Å². The SMILES string of the molecule is CCCCCCCCC/C=C/CC/C=C/C(O)C(COC1OC(CO)C(O)C(O)C1O)NC(=O)CCCCCCCCCCCCCCCCCCCCCCCCCCCCCCCCCCCCCOC(=O)CCCCCCCCCCCCC. The van der Waals surface area contributed by atoms with E-state index in [1.54, 1.807) is 6.08 Å². The van der Waals surface area contributed by atoms with E-state index in [0.29, 0.717) is 19.4 Å². The van der Waals surface area contributed by atoms with Crippen molar-refractivity contribution in [1.82, 2.24) is 5.32 Å². The number of allylic oxidation sites excluding steroid dienone is 3. The number of carbonyl (C=O) groups excluding carboxylic acids is 2. The fourth-order valence-corrected chi connectivity index (χ4v) is 12.3. The lowest BCUT2D eigenvalue weighted by atomic mass is 9.99. The first-order valence-electron chi connectivity index (χ1n) is 38.1. The fraction of sp³-hybridized carbons (Fsp3) is 0.921. The molecule has 6 N–H and O–H groups in total. The van der Waals surface area contributed by atoms with Gasteiger partial charge in [-0.3, -0.25) is 9.59 Å². The van der Waals surface area contributed by atoms with Gasteiger partial charge in [-0.2, -0.15) is 0 Å². The average Bonchev–Trinajstić information content (AvgIpc) is 3.11. The molecule has 1 rings (SSSR count). The number of rotatable bonds is 68. The van der Waals surface area contributed by atoms with E-state index in [2.05, 4.69) is 31.3 Å². The summed E-state index contributed by atoms with van der Waals surface area (Å²) in [6.45, 7) is 4.37. The zero-order valence-corrected chi connectivity index (χ0v) is 57.3. The van der Waals surface area contributed by atoms with Crippen LogP contribution >= 0.6 is 0 Å². The number of carbonyl (C=O) groups is 2. The molecule has 87 heavy (non-hydrogen) atoms. The van der Waals surface area contributed by atoms with Crippen molar-refractivity contribution in [3.05, 3.63) is 24.3 Å². The molecule has 0 spiro atoms. The molecule has 1 aliphatic rings. The smallest absolute Gasteiger partial charge is 0.305 e. The number of hydrogen-bond acceptors (Lipinski definition) is 10. The lowest BCUT2D eigenvalue weighted by Gasteiger charge is -2.40. The van der Waals surface area contributed by atoms with Gasteiger partial charge in [0.2, 0.25) is 5.91 Å². The molecule has 0 aliphatic carbocycles. The average molecular weight is 1230 g/mol.